The van der Waals surface area contributed by atoms with Gasteiger partial charge < -0.3 is 10.2 Å². The smallest absolute Gasteiger partial charge is 0.135 e. The van der Waals surface area contributed by atoms with E-state index in [0.29, 0.717) is 0 Å². The maximum atomic E-state index is 5.98. The zero-order chi connectivity index (χ0) is 13.3. The van der Waals surface area contributed by atoms with Gasteiger partial charge in [0, 0.05) is 10.0 Å². The molecule has 1 heterocycles. The zero-order valence-corrected chi connectivity index (χ0v) is 12.5. The van der Waals surface area contributed by atoms with Gasteiger partial charge in [0.15, 0.2) is 0 Å². The van der Waals surface area contributed by atoms with Crippen LogP contribution in [-0.4, -0.2) is 0 Å². The zero-order valence-electron chi connectivity index (χ0n) is 11.0. The monoisotopic (exact) mass is 307 g/mol. The molecule has 96 valence electrons. The summed E-state index contributed by atoms with van der Waals surface area (Å²) in [5.74, 6) is 1.72. The second-order valence-electron chi connectivity index (χ2n) is 4.66. The number of aryl methyl sites for hydroxylation is 2. The summed E-state index contributed by atoms with van der Waals surface area (Å²) in [6.07, 6.45) is 0.876. The average molecular weight is 308 g/mol. The first-order valence-electron chi connectivity index (χ1n) is 6.15. The van der Waals surface area contributed by atoms with E-state index in [2.05, 4.69) is 48.8 Å². The van der Waals surface area contributed by atoms with Crippen molar-refractivity contribution < 1.29 is 4.42 Å². The highest BCUT2D eigenvalue weighted by Gasteiger charge is 2.14. The Kier molecular flexibility index (Phi) is 3.93. The highest BCUT2D eigenvalue weighted by atomic mass is 79.9. The summed E-state index contributed by atoms with van der Waals surface area (Å²) in [5, 5.41) is 0. The maximum absolute atomic E-state index is 5.98. The minimum Gasteiger partial charge on any atom is -0.459 e. The predicted octanol–water partition coefficient (Wildman–Crippen LogP) is 4.74. The fourth-order valence-electron chi connectivity index (χ4n) is 2.12. The lowest BCUT2D eigenvalue weighted by Crippen LogP contribution is -2.06. The van der Waals surface area contributed by atoms with Crippen LogP contribution in [0.15, 0.2) is 33.2 Å². The molecule has 1 aromatic heterocycles. The van der Waals surface area contributed by atoms with Crippen molar-refractivity contribution in [2.75, 3.05) is 0 Å². The van der Waals surface area contributed by atoms with Crippen LogP contribution in [0.5, 0.6) is 0 Å². The molecule has 0 aliphatic carbocycles. The molecule has 3 heteroatoms. The van der Waals surface area contributed by atoms with Crippen LogP contribution in [-0.2, 0) is 0 Å². The number of halogens is 1. The number of hydrogen-bond donors (Lipinski definition) is 1. The van der Waals surface area contributed by atoms with Crippen LogP contribution in [0.25, 0.3) is 11.3 Å². The van der Waals surface area contributed by atoms with E-state index < -0.39 is 0 Å². The van der Waals surface area contributed by atoms with Crippen LogP contribution in [0, 0.1) is 13.8 Å². The van der Waals surface area contributed by atoms with Gasteiger partial charge in [-0.2, -0.15) is 0 Å². The molecule has 0 radical (unpaired) electrons. The lowest BCUT2D eigenvalue weighted by molar-refractivity contribution is 0.469. The number of benzene rings is 1. The molecular weight excluding hydrogens is 290 g/mol. The molecule has 0 saturated heterocycles. The van der Waals surface area contributed by atoms with Crippen LogP contribution in [0.2, 0.25) is 0 Å². The molecule has 0 fully saturated rings. The molecular formula is C15H18BrNO. The number of furan rings is 1. The van der Waals surface area contributed by atoms with Gasteiger partial charge in [-0.15, -0.1) is 0 Å². The minimum atomic E-state index is -0.0247. The SMILES string of the molecule is CCC(N)c1ccc(-c2c(C)cc(C)cc2Br)o1. The van der Waals surface area contributed by atoms with E-state index in [1.165, 1.54) is 11.1 Å². The molecule has 1 aromatic carbocycles. The topological polar surface area (TPSA) is 39.2 Å². The van der Waals surface area contributed by atoms with Crippen LogP contribution in [0.1, 0.15) is 36.3 Å². The Morgan fingerprint density at radius 3 is 2.61 bits per heavy atom. The van der Waals surface area contributed by atoms with Crippen LogP contribution in [0.4, 0.5) is 0 Å². The molecule has 0 spiro atoms. The van der Waals surface area contributed by atoms with Gasteiger partial charge in [0.05, 0.1) is 6.04 Å². The first-order chi connectivity index (χ1) is 8.52. The van der Waals surface area contributed by atoms with Gasteiger partial charge in [0.2, 0.25) is 0 Å². The van der Waals surface area contributed by atoms with Gasteiger partial charge >= 0.3 is 0 Å². The number of rotatable bonds is 3. The molecule has 2 aromatic rings. The number of hydrogen-bond acceptors (Lipinski definition) is 2. The van der Waals surface area contributed by atoms with Crippen LogP contribution in [0.3, 0.4) is 0 Å². The fraction of sp³-hybridized carbons (Fsp3) is 0.333. The highest BCUT2D eigenvalue weighted by Crippen LogP contribution is 2.34. The Labute approximate surface area is 116 Å². The highest BCUT2D eigenvalue weighted by molar-refractivity contribution is 9.10. The van der Waals surface area contributed by atoms with Gasteiger partial charge in [0.1, 0.15) is 11.5 Å². The summed E-state index contributed by atoms with van der Waals surface area (Å²) >= 11 is 3.61. The third kappa shape index (κ3) is 2.52. The van der Waals surface area contributed by atoms with Gasteiger partial charge in [-0.25, -0.2) is 0 Å². The van der Waals surface area contributed by atoms with Crippen molar-refractivity contribution in [3.8, 4) is 11.3 Å². The lowest BCUT2D eigenvalue weighted by atomic mass is 10.0. The number of nitrogens with two attached hydrogens (primary N) is 1. The van der Waals surface area contributed by atoms with Gasteiger partial charge in [-0.3, -0.25) is 0 Å². The fourth-order valence-corrected chi connectivity index (χ4v) is 2.98. The molecule has 0 amide bonds. The molecule has 0 saturated carbocycles. The molecule has 0 aliphatic rings. The van der Waals surface area contributed by atoms with E-state index in [0.717, 1.165) is 28.0 Å². The third-order valence-corrected chi connectivity index (χ3v) is 3.74. The second-order valence-corrected chi connectivity index (χ2v) is 5.51. The largest absolute Gasteiger partial charge is 0.459 e. The van der Waals surface area contributed by atoms with Crippen molar-refractivity contribution in [3.05, 3.63) is 45.6 Å². The minimum absolute atomic E-state index is 0.0247. The summed E-state index contributed by atoms with van der Waals surface area (Å²) in [7, 11) is 0. The summed E-state index contributed by atoms with van der Waals surface area (Å²) < 4.78 is 6.93. The normalized spacial score (nSPS) is 12.7. The molecule has 18 heavy (non-hydrogen) atoms. The van der Waals surface area contributed by atoms with Crippen molar-refractivity contribution >= 4 is 15.9 Å². The van der Waals surface area contributed by atoms with E-state index >= 15 is 0 Å². The van der Waals surface area contributed by atoms with E-state index in [1.54, 1.807) is 0 Å². The Balaban J connectivity index is 2.46. The molecule has 1 unspecified atom stereocenters. The first kappa shape index (κ1) is 13.4. The quantitative estimate of drug-likeness (QED) is 0.890. The summed E-state index contributed by atoms with van der Waals surface area (Å²) in [6, 6.07) is 8.19. The van der Waals surface area contributed by atoms with Crippen LogP contribution < -0.4 is 5.73 Å². The van der Waals surface area contributed by atoms with E-state index in [4.69, 9.17) is 10.2 Å². The van der Waals surface area contributed by atoms with E-state index in [1.807, 2.05) is 12.1 Å². The van der Waals surface area contributed by atoms with Gasteiger partial charge in [0.25, 0.3) is 0 Å². The van der Waals surface area contributed by atoms with Crippen molar-refractivity contribution in [1.29, 1.82) is 0 Å². The van der Waals surface area contributed by atoms with Crippen molar-refractivity contribution in [2.24, 2.45) is 5.73 Å². The Morgan fingerprint density at radius 1 is 1.28 bits per heavy atom. The van der Waals surface area contributed by atoms with Gasteiger partial charge in [-0.1, -0.05) is 28.9 Å². The van der Waals surface area contributed by atoms with Gasteiger partial charge in [-0.05, 0) is 49.6 Å². The lowest BCUT2D eigenvalue weighted by Gasteiger charge is -2.08. The molecule has 0 aliphatic heterocycles. The maximum Gasteiger partial charge on any atom is 0.135 e. The summed E-state index contributed by atoms with van der Waals surface area (Å²) in [4.78, 5) is 0. The standard InChI is InChI=1S/C15H18BrNO/c1-4-12(17)13-5-6-14(18-13)15-10(3)7-9(2)8-11(15)16/h5-8,12H,4,17H2,1-3H3. The summed E-state index contributed by atoms with van der Waals surface area (Å²) in [6.45, 7) is 6.23. The molecule has 1 atom stereocenters. The van der Waals surface area contributed by atoms with Crippen molar-refractivity contribution in [3.63, 3.8) is 0 Å². The predicted molar refractivity (Wildman–Crippen MR) is 78.5 cm³/mol. The Hall–Kier alpha value is -1.06. The first-order valence-corrected chi connectivity index (χ1v) is 6.94. The van der Waals surface area contributed by atoms with Crippen molar-refractivity contribution in [1.82, 2.24) is 0 Å². The van der Waals surface area contributed by atoms with Crippen molar-refractivity contribution in [2.45, 2.75) is 33.2 Å². The Bertz CT molecular complexity index is 536. The molecule has 2 N–H and O–H groups in total. The van der Waals surface area contributed by atoms with E-state index in [-0.39, 0.29) is 6.04 Å². The Morgan fingerprint density at radius 2 is 2.00 bits per heavy atom. The van der Waals surface area contributed by atoms with E-state index in [9.17, 15) is 0 Å². The molecule has 2 nitrogen and oxygen atoms in total. The molecule has 0 bridgehead atoms. The second kappa shape index (κ2) is 5.29. The van der Waals surface area contributed by atoms with Crippen LogP contribution >= 0.6 is 15.9 Å². The third-order valence-electron chi connectivity index (χ3n) is 3.11. The molecule has 2 rings (SSSR count). The average Bonchev–Trinajstić information content (AvgIpc) is 2.76. The summed E-state index contributed by atoms with van der Waals surface area (Å²) in [5.41, 5.74) is 9.53.